The van der Waals surface area contributed by atoms with Gasteiger partial charge in [0, 0.05) is 11.8 Å². The molecule has 1 aliphatic carbocycles. The highest BCUT2D eigenvalue weighted by molar-refractivity contribution is 5.95. The summed E-state index contributed by atoms with van der Waals surface area (Å²) in [6.45, 7) is 2.57. The summed E-state index contributed by atoms with van der Waals surface area (Å²) in [6.07, 6.45) is 0.899. The van der Waals surface area contributed by atoms with Crippen molar-refractivity contribution in [3.8, 4) is 11.5 Å². The van der Waals surface area contributed by atoms with E-state index < -0.39 is 6.10 Å². The lowest BCUT2D eigenvalue weighted by molar-refractivity contribution is -0.154. The number of hydrogen-bond donors (Lipinski definition) is 1. The number of esters is 1. The van der Waals surface area contributed by atoms with Crippen molar-refractivity contribution in [2.24, 2.45) is 5.92 Å². The predicted molar refractivity (Wildman–Crippen MR) is 74.3 cm³/mol. The van der Waals surface area contributed by atoms with Crippen molar-refractivity contribution in [1.82, 2.24) is 0 Å². The second-order valence-electron chi connectivity index (χ2n) is 5.20. The maximum Gasteiger partial charge on any atom is 0.309 e. The Labute approximate surface area is 122 Å². The van der Waals surface area contributed by atoms with Crippen LogP contribution in [0.1, 0.15) is 19.8 Å². The van der Waals surface area contributed by atoms with E-state index in [2.05, 4.69) is 5.32 Å². The molecule has 0 aromatic heterocycles. The number of anilines is 1. The fourth-order valence-corrected chi connectivity index (χ4v) is 2.01. The first kappa shape index (κ1) is 13.7. The van der Waals surface area contributed by atoms with E-state index in [1.807, 2.05) is 0 Å². The van der Waals surface area contributed by atoms with Gasteiger partial charge in [-0.25, -0.2) is 0 Å². The van der Waals surface area contributed by atoms with Gasteiger partial charge < -0.3 is 19.5 Å². The van der Waals surface area contributed by atoms with Gasteiger partial charge in [-0.05, 0) is 31.9 Å². The van der Waals surface area contributed by atoms with Gasteiger partial charge in [-0.2, -0.15) is 0 Å². The van der Waals surface area contributed by atoms with E-state index in [9.17, 15) is 9.59 Å². The van der Waals surface area contributed by atoms with E-state index in [0.717, 1.165) is 12.8 Å². The van der Waals surface area contributed by atoms with Crippen LogP contribution >= 0.6 is 0 Å². The molecule has 1 aliphatic heterocycles. The Morgan fingerprint density at radius 2 is 1.95 bits per heavy atom. The van der Waals surface area contributed by atoms with E-state index in [-0.39, 0.29) is 17.8 Å². The molecular formula is C15H17NO5. The van der Waals surface area contributed by atoms with Crippen molar-refractivity contribution < 1.29 is 23.8 Å². The summed E-state index contributed by atoms with van der Waals surface area (Å²) in [7, 11) is 0. The zero-order valence-corrected chi connectivity index (χ0v) is 11.8. The second kappa shape index (κ2) is 5.63. The van der Waals surface area contributed by atoms with Gasteiger partial charge >= 0.3 is 5.97 Å². The van der Waals surface area contributed by atoms with Crippen LogP contribution in [0, 0.1) is 5.92 Å². The number of nitrogens with one attached hydrogen (secondary N) is 1. The molecule has 6 nitrogen and oxygen atoms in total. The van der Waals surface area contributed by atoms with E-state index in [1.54, 1.807) is 25.1 Å². The molecule has 6 heteroatoms. The first-order valence-electron chi connectivity index (χ1n) is 7.04. The third kappa shape index (κ3) is 3.26. The number of carbonyl (C=O) groups excluding carboxylic acids is 2. The van der Waals surface area contributed by atoms with Gasteiger partial charge in [-0.15, -0.1) is 0 Å². The molecule has 1 fully saturated rings. The van der Waals surface area contributed by atoms with Gasteiger partial charge in [0.2, 0.25) is 0 Å². The molecule has 0 bridgehead atoms. The molecule has 3 rings (SSSR count). The summed E-state index contributed by atoms with van der Waals surface area (Å²) in [4.78, 5) is 23.5. The number of benzene rings is 1. The van der Waals surface area contributed by atoms with Gasteiger partial charge in [-0.3, -0.25) is 9.59 Å². The molecule has 1 atom stereocenters. The molecule has 1 saturated carbocycles. The third-order valence-electron chi connectivity index (χ3n) is 3.38. The van der Waals surface area contributed by atoms with Crippen molar-refractivity contribution in [2.45, 2.75) is 25.9 Å². The first-order valence-corrected chi connectivity index (χ1v) is 7.04. The van der Waals surface area contributed by atoms with Crippen LogP contribution in [0.25, 0.3) is 0 Å². The zero-order chi connectivity index (χ0) is 14.8. The molecule has 0 saturated heterocycles. The monoisotopic (exact) mass is 291 g/mol. The highest BCUT2D eigenvalue weighted by atomic mass is 16.6. The Hall–Kier alpha value is -2.24. The maximum atomic E-state index is 12.0. The number of fused-ring (bicyclic) bond motifs is 1. The molecule has 1 amide bonds. The second-order valence-corrected chi connectivity index (χ2v) is 5.20. The molecule has 1 unspecified atom stereocenters. The largest absolute Gasteiger partial charge is 0.486 e. The fourth-order valence-electron chi connectivity index (χ4n) is 2.01. The van der Waals surface area contributed by atoms with Crippen LogP contribution < -0.4 is 14.8 Å². The van der Waals surface area contributed by atoms with Crippen molar-refractivity contribution >= 4 is 17.6 Å². The van der Waals surface area contributed by atoms with Crippen LogP contribution in [0.4, 0.5) is 5.69 Å². The van der Waals surface area contributed by atoms with Gasteiger partial charge in [0.1, 0.15) is 13.2 Å². The van der Waals surface area contributed by atoms with Crippen LogP contribution in [0.2, 0.25) is 0 Å². The van der Waals surface area contributed by atoms with E-state index >= 15 is 0 Å². The first-order chi connectivity index (χ1) is 10.1. The summed E-state index contributed by atoms with van der Waals surface area (Å²) in [6, 6.07) is 5.16. The summed E-state index contributed by atoms with van der Waals surface area (Å²) >= 11 is 0. The predicted octanol–water partition coefficient (Wildman–Crippen LogP) is 1.74. The normalized spacial score (nSPS) is 17.8. The SMILES string of the molecule is CC(OC(=O)C1CC1)C(=O)Nc1ccc2c(c1)OCCO2. The van der Waals surface area contributed by atoms with E-state index in [1.165, 1.54) is 0 Å². The van der Waals surface area contributed by atoms with Crippen LogP contribution in [-0.2, 0) is 14.3 Å². The van der Waals surface area contributed by atoms with E-state index in [4.69, 9.17) is 14.2 Å². The molecule has 0 radical (unpaired) electrons. The summed E-state index contributed by atoms with van der Waals surface area (Å²) in [5.74, 6) is 0.587. The lowest BCUT2D eigenvalue weighted by Gasteiger charge is -2.19. The number of rotatable bonds is 4. The van der Waals surface area contributed by atoms with Crippen LogP contribution in [0.5, 0.6) is 11.5 Å². The number of ether oxygens (including phenoxy) is 3. The molecule has 0 spiro atoms. The molecule has 1 heterocycles. The molecule has 21 heavy (non-hydrogen) atoms. The fraction of sp³-hybridized carbons (Fsp3) is 0.467. The Bertz CT molecular complexity index is 567. The molecule has 112 valence electrons. The van der Waals surface area contributed by atoms with Crippen molar-refractivity contribution in [3.05, 3.63) is 18.2 Å². The smallest absolute Gasteiger partial charge is 0.309 e. The summed E-state index contributed by atoms with van der Waals surface area (Å²) in [5, 5.41) is 2.70. The van der Waals surface area contributed by atoms with Gasteiger partial charge in [0.05, 0.1) is 5.92 Å². The summed E-state index contributed by atoms with van der Waals surface area (Å²) < 4.78 is 16.0. The topological polar surface area (TPSA) is 73.9 Å². The average molecular weight is 291 g/mol. The minimum atomic E-state index is -0.814. The zero-order valence-electron chi connectivity index (χ0n) is 11.8. The molecule has 1 aromatic rings. The Morgan fingerprint density at radius 1 is 1.24 bits per heavy atom. The molecular weight excluding hydrogens is 274 g/mol. The van der Waals surface area contributed by atoms with Gasteiger partial charge in [0.15, 0.2) is 17.6 Å². The summed E-state index contributed by atoms with van der Waals surface area (Å²) in [5.41, 5.74) is 0.582. The molecule has 1 aromatic carbocycles. The number of carbonyl (C=O) groups is 2. The lowest BCUT2D eigenvalue weighted by Crippen LogP contribution is -2.30. The van der Waals surface area contributed by atoms with Crippen LogP contribution in [0.15, 0.2) is 18.2 Å². The standard InChI is InChI=1S/C15H17NO5/c1-9(21-15(18)10-2-3-10)14(17)16-11-4-5-12-13(8-11)20-7-6-19-12/h4-5,8-10H,2-3,6-7H2,1H3,(H,16,17). The van der Waals surface area contributed by atoms with E-state index in [0.29, 0.717) is 30.4 Å². The van der Waals surface area contributed by atoms with Crippen molar-refractivity contribution in [1.29, 1.82) is 0 Å². The van der Waals surface area contributed by atoms with Gasteiger partial charge in [0.25, 0.3) is 5.91 Å². The Balaban J connectivity index is 1.59. The number of hydrogen-bond acceptors (Lipinski definition) is 5. The Morgan fingerprint density at radius 3 is 2.67 bits per heavy atom. The minimum absolute atomic E-state index is 0.0189. The lowest BCUT2D eigenvalue weighted by atomic mass is 10.2. The molecule has 1 N–H and O–H groups in total. The highest BCUT2D eigenvalue weighted by Crippen LogP contribution is 2.33. The van der Waals surface area contributed by atoms with Crippen molar-refractivity contribution in [3.63, 3.8) is 0 Å². The quantitative estimate of drug-likeness (QED) is 0.855. The molecule has 2 aliphatic rings. The Kier molecular flexibility index (Phi) is 3.68. The average Bonchev–Trinajstić information content (AvgIpc) is 3.31. The minimum Gasteiger partial charge on any atom is -0.486 e. The number of amides is 1. The third-order valence-corrected chi connectivity index (χ3v) is 3.38. The van der Waals surface area contributed by atoms with Crippen LogP contribution in [-0.4, -0.2) is 31.2 Å². The van der Waals surface area contributed by atoms with Crippen LogP contribution in [0.3, 0.4) is 0 Å². The van der Waals surface area contributed by atoms with Crippen molar-refractivity contribution in [2.75, 3.05) is 18.5 Å². The van der Waals surface area contributed by atoms with Gasteiger partial charge in [-0.1, -0.05) is 0 Å². The highest BCUT2D eigenvalue weighted by Gasteiger charge is 2.33. The maximum absolute atomic E-state index is 12.0.